The summed E-state index contributed by atoms with van der Waals surface area (Å²) in [5.74, 6) is 0.490. The van der Waals surface area contributed by atoms with Gasteiger partial charge in [-0.15, -0.1) is 0 Å². The molecule has 0 atom stereocenters. The van der Waals surface area contributed by atoms with Crippen molar-refractivity contribution in [2.45, 2.75) is 47.5 Å². The van der Waals surface area contributed by atoms with Crippen molar-refractivity contribution >= 4 is 34.3 Å². The van der Waals surface area contributed by atoms with Crippen LogP contribution in [0.2, 0.25) is 0 Å². The van der Waals surface area contributed by atoms with E-state index in [1.54, 1.807) is 18.5 Å². The predicted octanol–water partition coefficient (Wildman–Crippen LogP) is 5.51. The summed E-state index contributed by atoms with van der Waals surface area (Å²) in [6.45, 7) is 10.1. The number of allylic oxidation sites excluding steroid dienone is 6. The summed E-state index contributed by atoms with van der Waals surface area (Å²) in [4.78, 5) is 19.5. The van der Waals surface area contributed by atoms with Gasteiger partial charge in [-0.1, -0.05) is 30.7 Å². The molecule has 0 unspecified atom stereocenters. The first-order chi connectivity index (χ1) is 14.0. The van der Waals surface area contributed by atoms with E-state index in [0.717, 1.165) is 39.6 Å². The van der Waals surface area contributed by atoms with Gasteiger partial charge in [-0.25, -0.2) is 4.98 Å². The summed E-state index contributed by atoms with van der Waals surface area (Å²) in [5, 5.41) is 17.3. The molecule has 2 aromatic rings. The van der Waals surface area contributed by atoms with E-state index in [0.29, 0.717) is 24.4 Å². The highest BCUT2D eigenvalue weighted by molar-refractivity contribution is 6.03. The summed E-state index contributed by atoms with van der Waals surface area (Å²) < 4.78 is 0. The number of aromatic nitrogens is 2. The van der Waals surface area contributed by atoms with Gasteiger partial charge in [-0.3, -0.25) is 9.78 Å². The number of hydrogen-bond acceptors (Lipinski definition) is 5. The first-order valence-electron chi connectivity index (χ1n) is 9.71. The number of carbonyl (C=O) groups excluding carboxylic acids is 1. The molecule has 0 aliphatic heterocycles. The standard InChI is InChI=1S/C23H28N4O2/c1-6-15(4)20(21(8-3)27-29)9-16(5)19(7-2)22-10-17-13-25-23(26-14-28)11-18(17)12-24-22/h7,9-14,29H,6,8H2,1-5H3,(H,25,26,28)/b16-9-,19-7+,20-15-,27-21-. The van der Waals surface area contributed by atoms with Gasteiger partial charge in [0, 0.05) is 23.2 Å². The van der Waals surface area contributed by atoms with Crippen LogP contribution in [-0.4, -0.2) is 27.3 Å². The molecule has 2 aromatic heterocycles. The zero-order chi connectivity index (χ0) is 21.4. The van der Waals surface area contributed by atoms with Crippen LogP contribution in [0.3, 0.4) is 0 Å². The third-order valence-corrected chi connectivity index (χ3v) is 4.92. The lowest BCUT2D eigenvalue weighted by molar-refractivity contribution is -0.105. The van der Waals surface area contributed by atoms with E-state index in [2.05, 4.69) is 40.4 Å². The van der Waals surface area contributed by atoms with Crippen LogP contribution in [0.4, 0.5) is 5.82 Å². The molecule has 0 bridgehead atoms. The first-order valence-corrected chi connectivity index (χ1v) is 9.71. The maximum Gasteiger partial charge on any atom is 0.212 e. The highest BCUT2D eigenvalue weighted by Crippen LogP contribution is 2.27. The minimum Gasteiger partial charge on any atom is -0.411 e. The highest BCUT2D eigenvalue weighted by atomic mass is 16.4. The minimum absolute atomic E-state index is 0.490. The fourth-order valence-corrected chi connectivity index (χ4v) is 3.15. The Labute approximate surface area is 171 Å². The average molecular weight is 393 g/mol. The number of anilines is 1. The molecular formula is C23H28N4O2. The molecule has 0 radical (unpaired) electrons. The van der Waals surface area contributed by atoms with Crippen LogP contribution in [0.1, 0.15) is 53.2 Å². The van der Waals surface area contributed by atoms with E-state index in [-0.39, 0.29) is 0 Å². The number of hydrogen-bond donors (Lipinski definition) is 2. The predicted molar refractivity (Wildman–Crippen MR) is 119 cm³/mol. The number of nitrogens with zero attached hydrogens (tertiary/aromatic N) is 3. The Kier molecular flexibility index (Phi) is 7.83. The molecule has 152 valence electrons. The number of nitrogens with one attached hydrogen (secondary N) is 1. The van der Waals surface area contributed by atoms with Crippen LogP contribution >= 0.6 is 0 Å². The van der Waals surface area contributed by atoms with Crippen molar-refractivity contribution in [2.75, 3.05) is 5.32 Å². The van der Waals surface area contributed by atoms with Gasteiger partial charge in [-0.2, -0.15) is 0 Å². The topological polar surface area (TPSA) is 87.5 Å². The molecule has 0 aromatic carbocycles. The van der Waals surface area contributed by atoms with Gasteiger partial charge in [0.25, 0.3) is 0 Å². The maximum atomic E-state index is 10.6. The van der Waals surface area contributed by atoms with Crippen LogP contribution in [-0.2, 0) is 4.79 Å². The normalized spacial score (nSPS) is 14.0. The Morgan fingerprint density at radius 2 is 1.83 bits per heavy atom. The number of rotatable bonds is 8. The lowest BCUT2D eigenvalue weighted by atomic mass is 9.94. The van der Waals surface area contributed by atoms with E-state index in [4.69, 9.17) is 0 Å². The lowest BCUT2D eigenvalue weighted by Gasteiger charge is -2.13. The summed E-state index contributed by atoms with van der Waals surface area (Å²) in [7, 11) is 0. The van der Waals surface area contributed by atoms with E-state index in [1.807, 2.05) is 32.9 Å². The van der Waals surface area contributed by atoms with Crippen LogP contribution in [0.15, 0.2) is 58.6 Å². The number of carbonyl (C=O) groups is 1. The number of amides is 1. The van der Waals surface area contributed by atoms with Gasteiger partial charge in [-0.05, 0) is 68.5 Å². The van der Waals surface area contributed by atoms with Crippen LogP contribution in [0.5, 0.6) is 0 Å². The molecule has 29 heavy (non-hydrogen) atoms. The molecule has 0 saturated heterocycles. The number of oxime groups is 1. The molecule has 0 saturated carbocycles. The summed E-state index contributed by atoms with van der Waals surface area (Å²) >= 11 is 0. The van der Waals surface area contributed by atoms with Crippen molar-refractivity contribution in [3.63, 3.8) is 0 Å². The van der Waals surface area contributed by atoms with Gasteiger partial charge < -0.3 is 10.5 Å². The minimum atomic E-state index is 0.490. The average Bonchev–Trinajstić information content (AvgIpc) is 2.74. The zero-order valence-corrected chi connectivity index (χ0v) is 17.7. The second-order valence-electron chi connectivity index (χ2n) is 6.73. The van der Waals surface area contributed by atoms with Gasteiger partial charge in [0.15, 0.2) is 0 Å². The van der Waals surface area contributed by atoms with Crippen LogP contribution < -0.4 is 5.32 Å². The van der Waals surface area contributed by atoms with E-state index < -0.39 is 0 Å². The largest absolute Gasteiger partial charge is 0.411 e. The molecule has 0 spiro atoms. The van der Waals surface area contributed by atoms with Gasteiger partial charge in [0.2, 0.25) is 6.41 Å². The Balaban J connectivity index is 2.50. The fourth-order valence-electron chi connectivity index (χ4n) is 3.15. The Hall–Kier alpha value is -3.28. The van der Waals surface area contributed by atoms with Crippen LogP contribution in [0.25, 0.3) is 16.3 Å². The molecule has 2 heterocycles. The monoisotopic (exact) mass is 392 g/mol. The summed E-state index contributed by atoms with van der Waals surface area (Å²) in [6.07, 6.45) is 9.71. The number of fused-ring (bicyclic) bond motifs is 1. The Bertz CT molecular complexity index is 1020. The van der Waals surface area contributed by atoms with Crippen molar-refractivity contribution in [3.8, 4) is 0 Å². The summed E-state index contributed by atoms with van der Waals surface area (Å²) in [5.41, 5.74) is 5.66. The molecule has 2 rings (SSSR count). The van der Waals surface area contributed by atoms with Crippen molar-refractivity contribution in [2.24, 2.45) is 5.16 Å². The third-order valence-electron chi connectivity index (χ3n) is 4.92. The molecule has 2 N–H and O–H groups in total. The quantitative estimate of drug-likeness (QED) is 0.204. The van der Waals surface area contributed by atoms with Crippen molar-refractivity contribution in [1.29, 1.82) is 0 Å². The smallest absolute Gasteiger partial charge is 0.212 e. The lowest BCUT2D eigenvalue weighted by Crippen LogP contribution is -2.04. The molecule has 6 nitrogen and oxygen atoms in total. The molecule has 0 aliphatic carbocycles. The van der Waals surface area contributed by atoms with E-state index in [9.17, 15) is 10.0 Å². The van der Waals surface area contributed by atoms with Crippen molar-refractivity contribution in [1.82, 2.24) is 9.97 Å². The molecule has 0 fully saturated rings. The zero-order valence-electron chi connectivity index (χ0n) is 17.7. The van der Waals surface area contributed by atoms with E-state index in [1.165, 1.54) is 5.57 Å². The fraction of sp³-hybridized carbons (Fsp3) is 0.304. The maximum absolute atomic E-state index is 10.6. The Morgan fingerprint density at radius 3 is 2.41 bits per heavy atom. The van der Waals surface area contributed by atoms with Gasteiger partial charge >= 0.3 is 0 Å². The molecule has 0 aliphatic rings. The third kappa shape index (κ3) is 5.16. The van der Waals surface area contributed by atoms with Crippen molar-refractivity contribution < 1.29 is 10.0 Å². The molecular weight excluding hydrogens is 364 g/mol. The molecule has 1 amide bonds. The Morgan fingerprint density at radius 1 is 1.14 bits per heavy atom. The highest BCUT2D eigenvalue weighted by Gasteiger charge is 2.11. The second-order valence-corrected chi connectivity index (χ2v) is 6.73. The second kappa shape index (κ2) is 10.3. The summed E-state index contributed by atoms with van der Waals surface area (Å²) in [6, 6.07) is 3.77. The van der Waals surface area contributed by atoms with Gasteiger partial charge in [0.1, 0.15) is 5.82 Å². The number of pyridine rings is 2. The van der Waals surface area contributed by atoms with Crippen LogP contribution in [0, 0.1) is 0 Å². The van der Waals surface area contributed by atoms with E-state index >= 15 is 0 Å². The molecule has 6 heteroatoms. The SMILES string of the molecule is C\C=C(/C(C)=C\C(C(\CC)=N/O)=C(/C)CC)c1cc2cnc(NC=O)cc2cn1. The first kappa shape index (κ1) is 22.0. The van der Waals surface area contributed by atoms with Crippen molar-refractivity contribution in [3.05, 3.63) is 59.1 Å². The van der Waals surface area contributed by atoms with Gasteiger partial charge in [0.05, 0.1) is 11.4 Å².